The van der Waals surface area contributed by atoms with Gasteiger partial charge in [-0.1, -0.05) is 67.8 Å². The number of urea groups is 1. The minimum absolute atomic E-state index is 0.0550. The number of hydrogen-bond acceptors (Lipinski definition) is 3. The van der Waals surface area contributed by atoms with E-state index in [9.17, 15) is 4.79 Å². The highest BCUT2D eigenvalue weighted by Gasteiger charge is 2.39. The van der Waals surface area contributed by atoms with Crippen molar-refractivity contribution in [2.45, 2.75) is 76.7 Å². The van der Waals surface area contributed by atoms with Crippen molar-refractivity contribution in [1.29, 1.82) is 0 Å². The molecule has 1 aromatic carbocycles. The summed E-state index contributed by atoms with van der Waals surface area (Å²) in [6.07, 6.45) is 12.8. The van der Waals surface area contributed by atoms with Gasteiger partial charge in [-0.15, -0.1) is 11.8 Å². The third-order valence-electron chi connectivity index (χ3n) is 7.99. The zero-order chi connectivity index (χ0) is 24.9. The van der Waals surface area contributed by atoms with E-state index in [1.807, 2.05) is 16.7 Å². The maximum atomic E-state index is 13.4. The van der Waals surface area contributed by atoms with Gasteiger partial charge in [0.2, 0.25) is 0 Å². The normalized spacial score (nSPS) is 22.9. The van der Waals surface area contributed by atoms with E-state index in [0.717, 1.165) is 43.8 Å². The molecule has 1 saturated carbocycles. The second kappa shape index (κ2) is 11.7. The summed E-state index contributed by atoms with van der Waals surface area (Å²) in [6, 6.07) is 13.6. The van der Waals surface area contributed by atoms with E-state index in [4.69, 9.17) is 5.10 Å². The maximum absolute atomic E-state index is 13.4. The van der Waals surface area contributed by atoms with Crippen LogP contribution < -0.4 is 5.32 Å². The van der Waals surface area contributed by atoms with Crippen molar-refractivity contribution in [2.24, 2.45) is 0 Å². The predicted octanol–water partition coefficient (Wildman–Crippen LogP) is 6.95. The number of nitrogens with one attached hydrogen (secondary N) is 1. The topological polar surface area (TPSA) is 50.2 Å². The lowest BCUT2D eigenvalue weighted by molar-refractivity contribution is 0.208. The fraction of sp³-hybridized carbons (Fsp3) is 0.533. The Morgan fingerprint density at radius 1 is 1.06 bits per heavy atom. The van der Waals surface area contributed by atoms with E-state index in [1.54, 1.807) is 0 Å². The lowest BCUT2D eigenvalue weighted by Crippen LogP contribution is -2.39. The van der Waals surface area contributed by atoms with E-state index in [1.165, 1.54) is 47.4 Å². The standard InChI is InChI=1S/C30H40N4OS/c1-3-36-26-15-9-10-23(16-17-26)19-31-30(35)33-20-27(24-11-5-4-6-12-24)28(21-33)29-18-22(2)32-34(29)25-13-7-8-14-25/h4-6,11-12,16-18,25,27-28H,3,7-10,13-15,19-21H2,1-2H3,(H,31,35). The Bertz CT molecular complexity index is 1100. The average molecular weight is 505 g/mol. The van der Waals surface area contributed by atoms with Crippen molar-refractivity contribution in [3.05, 3.63) is 76.0 Å². The van der Waals surface area contributed by atoms with Gasteiger partial charge in [0.15, 0.2) is 0 Å². The highest BCUT2D eigenvalue weighted by atomic mass is 32.2. The molecular weight excluding hydrogens is 464 g/mol. The minimum atomic E-state index is 0.0550. The van der Waals surface area contributed by atoms with Gasteiger partial charge in [0.05, 0.1) is 11.7 Å². The summed E-state index contributed by atoms with van der Waals surface area (Å²) in [7, 11) is 0. The first-order chi connectivity index (χ1) is 17.6. The second-order valence-corrected chi connectivity index (χ2v) is 11.9. The summed E-state index contributed by atoms with van der Waals surface area (Å²) in [5.41, 5.74) is 5.02. The van der Waals surface area contributed by atoms with Crippen LogP contribution in [0.4, 0.5) is 4.79 Å². The van der Waals surface area contributed by atoms with Crippen LogP contribution in [-0.2, 0) is 0 Å². The third-order valence-corrected chi connectivity index (χ3v) is 8.99. The first-order valence-electron chi connectivity index (χ1n) is 13.8. The molecule has 5 nitrogen and oxygen atoms in total. The summed E-state index contributed by atoms with van der Waals surface area (Å²) in [5, 5.41) is 8.19. The van der Waals surface area contributed by atoms with Gasteiger partial charge >= 0.3 is 6.03 Å². The van der Waals surface area contributed by atoms with Crippen molar-refractivity contribution in [2.75, 3.05) is 25.4 Å². The molecule has 0 bridgehead atoms. The van der Waals surface area contributed by atoms with Crippen molar-refractivity contribution in [3.8, 4) is 0 Å². The molecule has 1 saturated heterocycles. The van der Waals surface area contributed by atoms with E-state index >= 15 is 0 Å². The Labute approximate surface area is 220 Å². The van der Waals surface area contributed by atoms with Gasteiger partial charge in [-0.25, -0.2) is 4.79 Å². The number of aryl methyl sites for hydroxylation is 1. The van der Waals surface area contributed by atoms with Crippen LogP contribution >= 0.6 is 11.8 Å². The number of benzene rings is 1. The van der Waals surface area contributed by atoms with Crippen molar-refractivity contribution < 1.29 is 4.79 Å². The highest BCUT2D eigenvalue weighted by molar-refractivity contribution is 8.03. The van der Waals surface area contributed by atoms with Crippen LogP contribution in [-0.4, -0.2) is 46.1 Å². The zero-order valence-corrected chi connectivity index (χ0v) is 22.6. The molecular formula is C30H40N4OS. The molecule has 2 unspecified atom stereocenters. The molecule has 1 aromatic heterocycles. The van der Waals surface area contributed by atoms with Gasteiger partial charge < -0.3 is 10.2 Å². The first-order valence-corrected chi connectivity index (χ1v) is 14.8. The van der Waals surface area contributed by atoms with E-state index in [-0.39, 0.29) is 17.9 Å². The van der Waals surface area contributed by atoms with E-state index < -0.39 is 0 Å². The van der Waals surface area contributed by atoms with Gasteiger partial charge in [0.25, 0.3) is 0 Å². The van der Waals surface area contributed by atoms with E-state index in [2.05, 4.69) is 72.4 Å². The number of hydrogen-bond donors (Lipinski definition) is 1. The largest absolute Gasteiger partial charge is 0.334 e. The number of rotatable bonds is 7. The molecule has 1 aliphatic heterocycles. The fourth-order valence-corrected chi connectivity index (χ4v) is 7.01. The number of aromatic nitrogens is 2. The van der Waals surface area contributed by atoms with Crippen LogP contribution in [0.5, 0.6) is 0 Å². The Morgan fingerprint density at radius 3 is 2.61 bits per heavy atom. The molecule has 36 heavy (non-hydrogen) atoms. The van der Waals surface area contributed by atoms with Crippen LogP contribution in [0.3, 0.4) is 0 Å². The molecule has 2 aliphatic carbocycles. The Balaban J connectivity index is 1.32. The summed E-state index contributed by atoms with van der Waals surface area (Å²) in [4.78, 5) is 16.9. The second-order valence-electron chi connectivity index (χ2n) is 10.5. The lowest BCUT2D eigenvalue weighted by atomic mass is 9.86. The SMILES string of the molecule is CCSC1=CC=C(CNC(=O)N2CC(c3ccccc3)C(c3cc(C)nn3C3CCCC3)C2)CCC1. The molecule has 2 heterocycles. The van der Waals surface area contributed by atoms with Crippen LogP contribution in [0.25, 0.3) is 0 Å². The number of carbonyl (C=O) groups excluding carboxylic acids is 1. The molecule has 0 spiro atoms. The molecule has 2 atom stereocenters. The molecule has 5 rings (SSSR count). The highest BCUT2D eigenvalue weighted by Crippen LogP contribution is 2.42. The average Bonchev–Trinajstić information content (AvgIpc) is 3.62. The molecule has 1 N–H and O–H groups in total. The lowest BCUT2D eigenvalue weighted by Gasteiger charge is -2.22. The van der Waals surface area contributed by atoms with Crippen molar-refractivity contribution in [3.63, 3.8) is 0 Å². The molecule has 3 aliphatic rings. The smallest absolute Gasteiger partial charge is 0.317 e. The molecule has 2 aromatic rings. The first kappa shape index (κ1) is 25.2. The number of amides is 2. The Kier molecular flexibility index (Phi) is 8.20. The maximum Gasteiger partial charge on any atom is 0.317 e. The van der Waals surface area contributed by atoms with Crippen molar-refractivity contribution in [1.82, 2.24) is 20.0 Å². The minimum Gasteiger partial charge on any atom is -0.334 e. The summed E-state index contributed by atoms with van der Waals surface area (Å²) >= 11 is 1.93. The number of likely N-dealkylation sites (tertiary alicyclic amines) is 1. The van der Waals surface area contributed by atoms with Crippen LogP contribution in [0, 0.1) is 6.92 Å². The quantitative estimate of drug-likeness (QED) is 0.444. The predicted molar refractivity (Wildman–Crippen MR) is 150 cm³/mol. The van der Waals surface area contributed by atoms with Gasteiger partial charge in [0.1, 0.15) is 0 Å². The molecule has 2 amide bonds. The summed E-state index contributed by atoms with van der Waals surface area (Å²) < 4.78 is 2.32. The molecule has 192 valence electrons. The summed E-state index contributed by atoms with van der Waals surface area (Å²) in [6.45, 7) is 6.42. The van der Waals surface area contributed by atoms with Gasteiger partial charge in [-0.05, 0) is 61.3 Å². The Hall–Kier alpha value is -2.47. The number of allylic oxidation sites excluding steroid dienone is 3. The van der Waals surface area contributed by atoms with Crippen LogP contribution in [0.2, 0.25) is 0 Å². The van der Waals surface area contributed by atoms with E-state index in [0.29, 0.717) is 12.6 Å². The number of thioether (sulfide) groups is 1. The van der Waals surface area contributed by atoms with Gasteiger partial charge in [-0.2, -0.15) is 5.10 Å². The monoisotopic (exact) mass is 504 g/mol. The zero-order valence-electron chi connectivity index (χ0n) is 21.8. The molecule has 2 fully saturated rings. The summed E-state index contributed by atoms with van der Waals surface area (Å²) in [5.74, 6) is 1.65. The number of carbonyl (C=O) groups is 1. The fourth-order valence-electron chi connectivity index (χ4n) is 6.18. The van der Waals surface area contributed by atoms with Crippen LogP contribution in [0.15, 0.2) is 59.0 Å². The molecule has 0 radical (unpaired) electrons. The Morgan fingerprint density at radius 2 is 1.83 bits per heavy atom. The van der Waals surface area contributed by atoms with Gasteiger partial charge in [-0.3, -0.25) is 4.68 Å². The molecule has 6 heteroatoms. The third kappa shape index (κ3) is 5.74. The van der Waals surface area contributed by atoms with Crippen LogP contribution in [0.1, 0.15) is 86.7 Å². The number of nitrogens with zero attached hydrogens (tertiary/aromatic N) is 3. The van der Waals surface area contributed by atoms with Crippen molar-refractivity contribution >= 4 is 17.8 Å². The van der Waals surface area contributed by atoms with Gasteiger partial charge in [0, 0.05) is 37.2 Å².